The number of thioether (sulfide) groups is 1. The van der Waals surface area contributed by atoms with Gasteiger partial charge >= 0.3 is 0 Å². The molecular formula is C25H21ClN4O2S. The fourth-order valence-electron chi connectivity index (χ4n) is 4.24. The molecule has 3 heterocycles. The van der Waals surface area contributed by atoms with Crippen LogP contribution in [0.3, 0.4) is 0 Å². The molecule has 166 valence electrons. The number of aromatic nitrogens is 3. The molecule has 5 rings (SSSR count). The van der Waals surface area contributed by atoms with Crippen molar-refractivity contribution >= 4 is 29.3 Å². The Labute approximate surface area is 200 Å². The Morgan fingerprint density at radius 1 is 1.21 bits per heavy atom. The van der Waals surface area contributed by atoms with Gasteiger partial charge in [0, 0.05) is 40.0 Å². The van der Waals surface area contributed by atoms with Crippen molar-refractivity contribution in [1.82, 2.24) is 20.1 Å². The van der Waals surface area contributed by atoms with Gasteiger partial charge in [0.1, 0.15) is 17.1 Å². The normalized spacial score (nSPS) is 15.2. The second-order valence-electron chi connectivity index (χ2n) is 7.95. The van der Waals surface area contributed by atoms with Crippen molar-refractivity contribution < 1.29 is 9.90 Å². The second-order valence-corrected chi connectivity index (χ2v) is 9.24. The number of nitrogens with zero attached hydrogens (tertiary/aromatic N) is 3. The van der Waals surface area contributed by atoms with Crippen molar-refractivity contribution in [3.63, 3.8) is 0 Å². The number of amides is 1. The van der Waals surface area contributed by atoms with Crippen molar-refractivity contribution in [3.8, 4) is 17.0 Å². The molecule has 2 aromatic carbocycles. The van der Waals surface area contributed by atoms with E-state index in [4.69, 9.17) is 11.6 Å². The van der Waals surface area contributed by atoms with Gasteiger partial charge in [0.25, 0.3) is 5.91 Å². The number of nitrogens with one attached hydrogen (secondary N) is 1. The Bertz CT molecular complexity index is 1340. The van der Waals surface area contributed by atoms with E-state index in [1.54, 1.807) is 36.3 Å². The summed E-state index contributed by atoms with van der Waals surface area (Å²) in [5, 5.41) is 18.6. The zero-order valence-electron chi connectivity index (χ0n) is 18.0. The summed E-state index contributed by atoms with van der Waals surface area (Å²) in [6.07, 6.45) is 5.50. The van der Waals surface area contributed by atoms with E-state index in [1.807, 2.05) is 54.5 Å². The van der Waals surface area contributed by atoms with Crippen LogP contribution >= 0.6 is 23.4 Å². The van der Waals surface area contributed by atoms with Gasteiger partial charge in [-0.05, 0) is 60.2 Å². The molecule has 0 aliphatic carbocycles. The van der Waals surface area contributed by atoms with E-state index >= 15 is 0 Å². The molecule has 0 spiro atoms. The Balaban J connectivity index is 1.67. The van der Waals surface area contributed by atoms with E-state index in [2.05, 4.69) is 15.2 Å². The molecule has 4 aromatic rings. The highest BCUT2D eigenvalue weighted by atomic mass is 35.5. The predicted octanol–water partition coefficient (Wildman–Crippen LogP) is 5.61. The van der Waals surface area contributed by atoms with Crippen LogP contribution in [0, 0.1) is 6.92 Å². The number of halogens is 1. The Morgan fingerprint density at radius 2 is 2.00 bits per heavy atom. The first kappa shape index (κ1) is 21.6. The molecule has 8 heteroatoms. The summed E-state index contributed by atoms with van der Waals surface area (Å²) in [4.78, 5) is 20.6. The van der Waals surface area contributed by atoms with E-state index in [-0.39, 0.29) is 17.7 Å². The van der Waals surface area contributed by atoms with Gasteiger partial charge in [-0.2, -0.15) is 5.10 Å². The molecule has 0 saturated heterocycles. The van der Waals surface area contributed by atoms with Gasteiger partial charge in [0.15, 0.2) is 0 Å². The lowest BCUT2D eigenvalue weighted by Gasteiger charge is -2.26. The number of rotatable bonds is 5. The van der Waals surface area contributed by atoms with Crippen molar-refractivity contribution in [2.45, 2.75) is 24.4 Å². The topological polar surface area (TPSA) is 82.1 Å². The smallest absolute Gasteiger partial charge is 0.273 e. The van der Waals surface area contributed by atoms with Crippen molar-refractivity contribution in [1.29, 1.82) is 0 Å². The summed E-state index contributed by atoms with van der Waals surface area (Å²) in [6, 6.07) is 14.9. The van der Waals surface area contributed by atoms with Crippen LogP contribution in [0.1, 0.15) is 38.8 Å². The van der Waals surface area contributed by atoms with Crippen molar-refractivity contribution in [3.05, 3.63) is 93.9 Å². The number of phenolic OH excluding ortho intramolecular Hbond substituents is 1. The molecule has 1 aliphatic heterocycles. The first-order valence-corrected chi connectivity index (χ1v) is 12.0. The van der Waals surface area contributed by atoms with E-state index in [0.29, 0.717) is 28.5 Å². The molecule has 0 fully saturated rings. The van der Waals surface area contributed by atoms with Crippen LogP contribution in [0.2, 0.25) is 5.02 Å². The highest BCUT2D eigenvalue weighted by Gasteiger charge is 2.42. The molecule has 0 unspecified atom stereocenters. The zero-order valence-corrected chi connectivity index (χ0v) is 19.6. The van der Waals surface area contributed by atoms with Crippen LogP contribution in [0.15, 0.2) is 65.8 Å². The maximum atomic E-state index is 13.5. The minimum Gasteiger partial charge on any atom is -0.507 e. The number of H-pyrrole nitrogens is 1. The number of fused-ring (bicyclic) bond motifs is 1. The SMILES string of the molecule is CSc1ccc([C@@H]2c3c(-c4cc(Cl)c(C)cc4O)n[nH]c3C(=O)N2Cc2cccnc2)cc1. The number of aromatic hydroxyl groups is 1. The largest absolute Gasteiger partial charge is 0.507 e. The van der Waals surface area contributed by atoms with Gasteiger partial charge in [-0.1, -0.05) is 29.8 Å². The molecule has 33 heavy (non-hydrogen) atoms. The number of aryl methyl sites for hydroxylation is 1. The predicted molar refractivity (Wildman–Crippen MR) is 130 cm³/mol. The van der Waals surface area contributed by atoms with E-state index in [0.717, 1.165) is 27.1 Å². The minimum absolute atomic E-state index is 0.0702. The summed E-state index contributed by atoms with van der Waals surface area (Å²) in [7, 11) is 0. The lowest BCUT2D eigenvalue weighted by molar-refractivity contribution is 0.0730. The number of hydrogen-bond acceptors (Lipinski definition) is 5. The minimum atomic E-state index is -0.378. The monoisotopic (exact) mass is 476 g/mol. The summed E-state index contributed by atoms with van der Waals surface area (Å²) in [5.41, 5.74) is 4.82. The molecule has 6 nitrogen and oxygen atoms in total. The second kappa shape index (κ2) is 8.57. The molecule has 1 aliphatic rings. The van der Waals surface area contributed by atoms with Crippen LogP contribution in [0.5, 0.6) is 5.75 Å². The van der Waals surface area contributed by atoms with E-state index in [1.165, 1.54) is 0 Å². The van der Waals surface area contributed by atoms with Crippen LogP contribution in [0.25, 0.3) is 11.3 Å². The standard InChI is InChI=1S/C25H21ClN4O2S/c1-14-10-20(31)18(11-19(14)26)22-21-23(29-28-22)25(32)30(13-15-4-3-9-27-12-15)24(21)16-5-7-17(33-2)8-6-16/h3-12,24,31H,13H2,1-2H3,(H,28,29)/t24-/m1/s1. The molecule has 1 atom stereocenters. The number of carbonyl (C=O) groups excluding carboxylic acids is 1. The summed E-state index contributed by atoms with van der Waals surface area (Å²) in [6.45, 7) is 2.22. The maximum Gasteiger partial charge on any atom is 0.273 e. The molecule has 0 saturated carbocycles. The Kier molecular flexibility index (Phi) is 5.60. The molecular weight excluding hydrogens is 456 g/mol. The lowest BCUT2D eigenvalue weighted by atomic mass is 9.95. The van der Waals surface area contributed by atoms with Gasteiger partial charge in [-0.15, -0.1) is 11.8 Å². The van der Waals surface area contributed by atoms with Crippen molar-refractivity contribution in [2.75, 3.05) is 6.26 Å². The highest BCUT2D eigenvalue weighted by molar-refractivity contribution is 7.98. The molecule has 2 aromatic heterocycles. The summed E-state index contributed by atoms with van der Waals surface area (Å²) in [5.74, 6) is -0.0786. The van der Waals surface area contributed by atoms with Gasteiger partial charge in [0.05, 0.1) is 6.04 Å². The first-order valence-electron chi connectivity index (χ1n) is 10.4. The third kappa shape index (κ3) is 3.77. The average Bonchev–Trinajstić information content (AvgIpc) is 3.36. The van der Waals surface area contributed by atoms with Crippen LogP contribution < -0.4 is 0 Å². The number of benzene rings is 2. The number of aromatic amines is 1. The number of carbonyl (C=O) groups is 1. The Hall–Kier alpha value is -3.29. The van der Waals surface area contributed by atoms with Crippen LogP contribution in [0.4, 0.5) is 0 Å². The van der Waals surface area contributed by atoms with Gasteiger partial charge in [0.2, 0.25) is 0 Å². The molecule has 0 bridgehead atoms. The van der Waals surface area contributed by atoms with Gasteiger partial charge in [-0.3, -0.25) is 14.9 Å². The average molecular weight is 477 g/mol. The fraction of sp³-hybridized carbons (Fsp3) is 0.160. The third-order valence-corrected chi connectivity index (χ3v) is 7.05. The maximum absolute atomic E-state index is 13.5. The third-order valence-electron chi connectivity index (χ3n) is 5.90. The summed E-state index contributed by atoms with van der Waals surface area (Å²) < 4.78 is 0. The molecule has 1 amide bonds. The van der Waals surface area contributed by atoms with Gasteiger partial charge in [-0.25, -0.2) is 0 Å². The lowest BCUT2D eigenvalue weighted by Crippen LogP contribution is -2.29. The molecule has 0 radical (unpaired) electrons. The van der Waals surface area contributed by atoms with Crippen LogP contribution in [-0.4, -0.2) is 37.4 Å². The Morgan fingerprint density at radius 3 is 2.70 bits per heavy atom. The van der Waals surface area contributed by atoms with Crippen molar-refractivity contribution in [2.24, 2.45) is 0 Å². The van der Waals surface area contributed by atoms with E-state index < -0.39 is 0 Å². The first-order chi connectivity index (χ1) is 16.0. The zero-order chi connectivity index (χ0) is 23.1. The number of phenols is 1. The fourth-order valence-corrected chi connectivity index (χ4v) is 4.81. The highest BCUT2D eigenvalue weighted by Crippen LogP contribution is 2.46. The summed E-state index contributed by atoms with van der Waals surface area (Å²) >= 11 is 8.03. The molecule has 2 N–H and O–H groups in total. The van der Waals surface area contributed by atoms with Gasteiger partial charge < -0.3 is 10.0 Å². The van der Waals surface area contributed by atoms with E-state index in [9.17, 15) is 9.90 Å². The van der Waals surface area contributed by atoms with Crippen LogP contribution in [-0.2, 0) is 6.54 Å². The number of pyridine rings is 1. The number of hydrogen-bond donors (Lipinski definition) is 2. The quantitative estimate of drug-likeness (QED) is 0.366.